The lowest BCUT2D eigenvalue weighted by Crippen LogP contribution is -2.35. The molecule has 0 aliphatic rings. The number of hydrogen-bond acceptors (Lipinski definition) is 4. The Kier molecular flexibility index (Phi) is 6.20. The first-order valence-corrected chi connectivity index (χ1v) is 6.43. The fourth-order valence-corrected chi connectivity index (χ4v) is 1.72. The van der Waals surface area contributed by atoms with E-state index in [1.165, 1.54) is 19.3 Å². The van der Waals surface area contributed by atoms with Crippen molar-refractivity contribution in [2.75, 3.05) is 13.7 Å². The number of carboxylic acids is 1. The molecule has 20 heavy (non-hydrogen) atoms. The van der Waals surface area contributed by atoms with E-state index in [0.29, 0.717) is 11.3 Å². The van der Waals surface area contributed by atoms with Crippen molar-refractivity contribution >= 4 is 33.9 Å². The highest BCUT2D eigenvalue weighted by Gasteiger charge is 2.13. The lowest BCUT2D eigenvalue weighted by Gasteiger charge is -2.06. The van der Waals surface area contributed by atoms with Crippen LogP contribution in [0.25, 0.3) is 6.08 Å². The maximum Gasteiger partial charge on any atom is 0.334 e. The standard InChI is InChI=1S/C13H14BrNO5/c1-20-11-4-3-9(14)6-8(11)2-5-12(17)15-7-10(16)13(18)19/h2-6,10,16H,7H2,1H3,(H,15,17)(H,18,19). The van der Waals surface area contributed by atoms with Crippen LogP contribution in [0.5, 0.6) is 5.75 Å². The molecule has 1 amide bonds. The van der Waals surface area contributed by atoms with Crippen LogP contribution >= 0.6 is 15.9 Å². The fraction of sp³-hybridized carbons (Fsp3) is 0.231. The number of methoxy groups -OCH3 is 1. The van der Waals surface area contributed by atoms with Gasteiger partial charge in [0.25, 0.3) is 0 Å². The molecule has 0 bridgehead atoms. The first-order valence-electron chi connectivity index (χ1n) is 5.64. The van der Waals surface area contributed by atoms with Crippen LogP contribution in [0.15, 0.2) is 28.7 Å². The molecule has 3 N–H and O–H groups in total. The van der Waals surface area contributed by atoms with Gasteiger partial charge < -0.3 is 20.3 Å². The topological polar surface area (TPSA) is 95.9 Å². The summed E-state index contributed by atoms with van der Waals surface area (Å²) in [6.07, 6.45) is 1.15. The SMILES string of the molecule is COc1ccc(Br)cc1C=CC(=O)NCC(O)C(=O)O. The lowest BCUT2D eigenvalue weighted by molar-refractivity contribution is -0.146. The second-order valence-electron chi connectivity index (χ2n) is 3.82. The number of aliphatic carboxylic acids is 1. The maximum absolute atomic E-state index is 11.5. The van der Waals surface area contributed by atoms with Crippen LogP contribution in [-0.2, 0) is 9.59 Å². The van der Waals surface area contributed by atoms with Crippen molar-refractivity contribution in [2.24, 2.45) is 0 Å². The second-order valence-corrected chi connectivity index (χ2v) is 4.73. The number of rotatable bonds is 6. The van der Waals surface area contributed by atoms with Crippen molar-refractivity contribution in [1.29, 1.82) is 0 Å². The molecule has 0 aliphatic heterocycles. The highest BCUT2D eigenvalue weighted by Crippen LogP contribution is 2.23. The highest BCUT2D eigenvalue weighted by molar-refractivity contribution is 9.10. The molecule has 6 nitrogen and oxygen atoms in total. The number of carboxylic acid groups (broad SMARTS) is 1. The third-order valence-electron chi connectivity index (χ3n) is 2.36. The minimum atomic E-state index is -1.62. The molecule has 1 aromatic carbocycles. The van der Waals surface area contributed by atoms with Gasteiger partial charge in [-0.15, -0.1) is 0 Å². The number of ether oxygens (including phenoxy) is 1. The second kappa shape index (κ2) is 7.66. The molecule has 0 saturated carbocycles. The predicted octanol–water partition coefficient (Wildman–Crippen LogP) is 1.03. The minimum absolute atomic E-state index is 0.353. The highest BCUT2D eigenvalue weighted by atomic mass is 79.9. The van der Waals surface area contributed by atoms with E-state index in [1.807, 2.05) is 0 Å². The maximum atomic E-state index is 11.5. The van der Waals surface area contributed by atoms with Crippen LogP contribution in [0.2, 0.25) is 0 Å². The molecule has 1 aromatic rings. The van der Waals surface area contributed by atoms with E-state index < -0.39 is 18.0 Å². The summed E-state index contributed by atoms with van der Waals surface area (Å²) in [5.74, 6) is -1.29. The molecule has 0 heterocycles. The number of nitrogens with one attached hydrogen (secondary N) is 1. The van der Waals surface area contributed by atoms with Crippen LogP contribution < -0.4 is 10.1 Å². The van der Waals surface area contributed by atoms with E-state index in [4.69, 9.17) is 14.9 Å². The molecule has 0 radical (unpaired) electrons. The minimum Gasteiger partial charge on any atom is -0.496 e. The van der Waals surface area contributed by atoms with Crippen molar-refractivity contribution < 1.29 is 24.5 Å². The van der Waals surface area contributed by atoms with E-state index in [-0.39, 0.29) is 6.54 Å². The van der Waals surface area contributed by atoms with Crippen molar-refractivity contribution in [3.63, 3.8) is 0 Å². The lowest BCUT2D eigenvalue weighted by atomic mass is 10.2. The zero-order valence-electron chi connectivity index (χ0n) is 10.7. The number of aliphatic hydroxyl groups is 1. The largest absolute Gasteiger partial charge is 0.496 e. The van der Waals surface area contributed by atoms with Crippen LogP contribution in [0.1, 0.15) is 5.56 Å². The van der Waals surface area contributed by atoms with Crippen LogP contribution in [0.4, 0.5) is 0 Å². The monoisotopic (exact) mass is 343 g/mol. The molecule has 0 fully saturated rings. The number of hydrogen-bond donors (Lipinski definition) is 3. The Morgan fingerprint density at radius 2 is 2.20 bits per heavy atom. The smallest absolute Gasteiger partial charge is 0.334 e. The van der Waals surface area contributed by atoms with E-state index >= 15 is 0 Å². The average Bonchev–Trinajstić information content (AvgIpc) is 2.42. The molecule has 0 aromatic heterocycles. The van der Waals surface area contributed by atoms with E-state index in [2.05, 4.69) is 21.2 Å². The number of halogens is 1. The van der Waals surface area contributed by atoms with E-state index in [9.17, 15) is 9.59 Å². The first-order chi connectivity index (χ1) is 9.43. The molecule has 1 atom stereocenters. The molecule has 7 heteroatoms. The zero-order valence-corrected chi connectivity index (χ0v) is 12.3. The van der Waals surface area contributed by atoms with Gasteiger partial charge >= 0.3 is 5.97 Å². The molecule has 0 spiro atoms. The third kappa shape index (κ3) is 5.02. The zero-order chi connectivity index (χ0) is 15.1. The summed E-state index contributed by atoms with van der Waals surface area (Å²) in [5.41, 5.74) is 0.691. The van der Waals surface area contributed by atoms with Crippen molar-refractivity contribution in [2.45, 2.75) is 6.10 Å². The Morgan fingerprint density at radius 1 is 1.50 bits per heavy atom. The molecule has 1 rings (SSSR count). The molecule has 108 valence electrons. The van der Waals surface area contributed by atoms with Gasteiger partial charge in [0.1, 0.15) is 5.75 Å². The van der Waals surface area contributed by atoms with Gasteiger partial charge in [-0.1, -0.05) is 15.9 Å². The summed E-state index contributed by atoms with van der Waals surface area (Å²) in [7, 11) is 1.52. The summed E-state index contributed by atoms with van der Waals surface area (Å²) in [6, 6.07) is 5.32. The number of carbonyl (C=O) groups is 2. The Morgan fingerprint density at radius 3 is 2.80 bits per heavy atom. The molecular weight excluding hydrogens is 330 g/mol. The third-order valence-corrected chi connectivity index (χ3v) is 2.85. The van der Waals surface area contributed by atoms with Crippen molar-refractivity contribution in [3.05, 3.63) is 34.3 Å². The Hall–Kier alpha value is -1.86. The van der Waals surface area contributed by atoms with Crippen molar-refractivity contribution in [1.82, 2.24) is 5.32 Å². The van der Waals surface area contributed by atoms with Gasteiger partial charge in [0.2, 0.25) is 5.91 Å². The van der Waals surface area contributed by atoms with Gasteiger partial charge in [-0.05, 0) is 24.3 Å². The van der Waals surface area contributed by atoms with Crippen LogP contribution in [-0.4, -0.2) is 41.8 Å². The van der Waals surface area contributed by atoms with Gasteiger partial charge in [0, 0.05) is 16.1 Å². The van der Waals surface area contributed by atoms with Gasteiger partial charge in [0.05, 0.1) is 13.7 Å². The summed E-state index contributed by atoms with van der Waals surface area (Å²) in [5, 5.41) is 19.8. The Labute approximate surface area is 124 Å². The van der Waals surface area contributed by atoms with Crippen LogP contribution in [0, 0.1) is 0 Å². The number of carbonyl (C=O) groups excluding carboxylic acids is 1. The fourth-order valence-electron chi connectivity index (χ4n) is 1.34. The molecule has 1 unspecified atom stereocenters. The molecule has 0 saturated heterocycles. The van der Waals surface area contributed by atoms with E-state index in [1.54, 1.807) is 18.2 Å². The van der Waals surface area contributed by atoms with Gasteiger partial charge in [0.15, 0.2) is 6.10 Å². The Bertz CT molecular complexity index is 529. The van der Waals surface area contributed by atoms with E-state index in [0.717, 1.165) is 4.47 Å². The Balaban J connectivity index is 2.65. The number of benzene rings is 1. The normalized spacial score (nSPS) is 12.2. The van der Waals surface area contributed by atoms with Gasteiger partial charge in [-0.25, -0.2) is 4.79 Å². The van der Waals surface area contributed by atoms with Crippen molar-refractivity contribution in [3.8, 4) is 5.75 Å². The molecular formula is C13H14BrNO5. The first kappa shape index (κ1) is 16.2. The molecule has 0 aliphatic carbocycles. The van der Waals surface area contributed by atoms with Gasteiger partial charge in [-0.3, -0.25) is 4.79 Å². The number of amides is 1. The summed E-state index contributed by atoms with van der Waals surface area (Å²) in [4.78, 5) is 21.8. The van der Waals surface area contributed by atoms with Gasteiger partial charge in [-0.2, -0.15) is 0 Å². The summed E-state index contributed by atoms with van der Waals surface area (Å²) < 4.78 is 5.97. The number of aliphatic hydroxyl groups excluding tert-OH is 1. The summed E-state index contributed by atoms with van der Waals surface area (Å²) >= 11 is 3.31. The van der Waals surface area contributed by atoms with Crippen LogP contribution in [0.3, 0.4) is 0 Å². The summed E-state index contributed by atoms with van der Waals surface area (Å²) in [6.45, 7) is -0.353. The average molecular weight is 344 g/mol. The predicted molar refractivity (Wildman–Crippen MR) is 76.4 cm³/mol. The quantitative estimate of drug-likeness (QED) is 0.670.